The second-order valence-corrected chi connectivity index (χ2v) is 7.26. The third-order valence-corrected chi connectivity index (χ3v) is 5.18. The Hall–Kier alpha value is -3.64. The Kier molecular flexibility index (Phi) is 5.77. The Morgan fingerprint density at radius 2 is 1.83 bits per heavy atom. The Bertz CT molecular complexity index is 1070. The fourth-order valence-electron chi connectivity index (χ4n) is 3.60. The van der Waals surface area contributed by atoms with Gasteiger partial charge in [-0.25, -0.2) is 0 Å². The molecule has 2 amide bonds. The molecule has 0 saturated carbocycles. The smallest absolute Gasteiger partial charge is 0.252 e. The molecule has 6 heteroatoms. The first kappa shape index (κ1) is 19.7. The van der Waals surface area contributed by atoms with Crippen LogP contribution in [0.25, 0.3) is 0 Å². The van der Waals surface area contributed by atoms with E-state index in [0.717, 1.165) is 24.2 Å². The molecule has 0 saturated heterocycles. The van der Waals surface area contributed by atoms with Gasteiger partial charge >= 0.3 is 0 Å². The van der Waals surface area contributed by atoms with Crippen molar-refractivity contribution in [3.63, 3.8) is 0 Å². The van der Waals surface area contributed by atoms with Gasteiger partial charge in [0.15, 0.2) is 0 Å². The van der Waals surface area contributed by atoms with Crippen LogP contribution in [0.15, 0.2) is 72.8 Å². The van der Waals surface area contributed by atoms with Gasteiger partial charge in [0.05, 0.1) is 0 Å². The van der Waals surface area contributed by atoms with E-state index in [0.29, 0.717) is 23.4 Å². The summed E-state index contributed by atoms with van der Waals surface area (Å²) < 4.78 is 0. The normalized spacial score (nSPS) is 13.1. The quantitative estimate of drug-likeness (QED) is 0.511. The highest BCUT2D eigenvalue weighted by Gasteiger charge is 2.24. The standard InChI is InChI=1S/C24H24N4O2/c25-15-16-5-4-8-19(13-16)23(29)28-22(17-6-2-1-3-7-17)24(30)27-20-9-10-21-18(14-20)11-12-26-21/h1-10,13-14,22,26H,11-12,15,25H2,(H,27,30)(H,28,29). The molecule has 0 spiro atoms. The van der Waals surface area contributed by atoms with Crippen LogP contribution in [0.2, 0.25) is 0 Å². The van der Waals surface area contributed by atoms with E-state index < -0.39 is 6.04 Å². The van der Waals surface area contributed by atoms with E-state index in [1.807, 2.05) is 54.6 Å². The monoisotopic (exact) mass is 400 g/mol. The summed E-state index contributed by atoms with van der Waals surface area (Å²) in [6, 6.07) is 21.3. The Balaban J connectivity index is 1.56. The first-order chi connectivity index (χ1) is 14.6. The number of rotatable bonds is 6. The number of amides is 2. The molecule has 1 aliphatic rings. The van der Waals surface area contributed by atoms with E-state index in [4.69, 9.17) is 5.73 Å². The number of benzene rings is 3. The van der Waals surface area contributed by atoms with E-state index in [1.54, 1.807) is 18.2 Å². The molecule has 0 aliphatic carbocycles. The number of nitrogens with two attached hydrogens (primary N) is 1. The van der Waals surface area contributed by atoms with Crippen molar-refractivity contribution in [2.75, 3.05) is 17.2 Å². The molecule has 152 valence electrons. The summed E-state index contributed by atoms with van der Waals surface area (Å²) in [5.74, 6) is -0.622. The first-order valence-corrected chi connectivity index (χ1v) is 9.96. The zero-order chi connectivity index (χ0) is 20.9. The minimum Gasteiger partial charge on any atom is -0.384 e. The van der Waals surface area contributed by atoms with Crippen LogP contribution in [-0.2, 0) is 17.8 Å². The summed E-state index contributed by atoms with van der Waals surface area (Å²) >= 11 is 0. The maximum absolute atomic E-state index is 13.1. The lowest BCUT2D eigenvalue weighted by Crippen LogP contribution is -2.37. The molecule has 1 unspecified atom stereocenters. The molecular weight excluding hydrogens is 376 g/mol. The molecule has 1 aliphatic heterocycles. The van der Waals surface area contributed by atoms with Crippen molar-refractivity contribution in [3.8, 4) is 0 Å². The van der Waals surface area contributed by atoms with E-state index in [9.17, 15) is 9.59 Å². The van der Waals surface area contributed by atoms with Crippen molar-refractivity contribution >= 4 is 23.2 Å². The molecule has 6 nitrogen and oxygen atoms in total. The molecule has 0 bridgehead atoms. The van der Waals surface area contributed by atoms with Gasteiger partial charge in [-0.05, 0) is 53.4 Å². The van der Waals surface area contributed by atoms with Gasteiger partial charge in [0.25, 0.3) is 11.8 Å². The van der Waals surface area contributed by atoms with E-state index >= 15 is 0 Å². The van der Waals surface area contributed by atoms with Crippen molar-refractivity contribution in [3.05, 3.63) is 95.1 Å². The third kappa shape index (κ3) is 4.34. The van der Waals surface area contributed by atoms with Crippen molar-refractivity contribution in [1.29, 1.82) is 0 Å². The Labute approximate surface area is 175 Å². The van der Waals surface area contributed by atoms with Gasteiger partial charge in [0.1, 0.15) is 6.04 Å². The first-order valence-electron chi connectivity index (χ1n) is 9.96. The predicted molar refractivity (Wildman–Crippen MR) is 118 cm³/mol. The van der Waals surface area contributed by atoms with Crippen molar-refractivity contribution in [2.45, 2.75) is 19.0 Å². The minimum atomic E-state index is -0.827. The summed E-state index contributed by atoms with van der Waals surface area (Å²) in [5, 5.41) is 9.12. The zero-order valence-electron chi connectivity index (χ0n) is 16.5. The van der Waals surface area contributed by atoms with Crippen LogP contribution in [0.3, 0.4) is 0 Å². The van der Waals surface area contributed by atoms with Gasteiger partial charge in [-0.3, -0.25) is 9.59 Å². The summed E-state index contributed by atoms with van der Waals surface area (Å²) in [5.41, 5.74) is 10.7. The highest BCUT2D eigenvalue weighted by Crippen LogP contribution is 2.26. The number of carbonyl (C=O) groups is 2. The van der Waals surface area contributed by atoms with Gasteiger partial charge in [-0.1, -0.05) is 42.5 Å². The van der Waals surface area contributed by atoms with E-state index in [2.05, 4.69) is 16.0 Å². The molecule has 3 aromatic carbocycles. The molecule has 1 heterocycles. The SMILES string of the molecule is NCc1cccc(C(=O)NC(C(=O)Nc2ccc3c(c2)CCN3)c2ccccc2)c1. The fraction of sp³-hybridized carbons (Fsp3) is 0.167. The van der Waals surface area contributed by atoms with Crippen LogP contribution >= 0.6 is 0 Å². The maximum atomic E-state index is 13.1. The molecule has 1 atom stereocenters. The van der Waals surface area contributed by atoms with Crippen molar-refractivity contribution < 1.29 is 9.59 Å². The summed E-state index contributed by atoms with van der Waals surface area (Å²) in [6.07, 6.45) is 0.926. The second kappa shape index (κ2) is 8.80. The maximum Gasteiger partial charge on any atom is 0.252 e. The summed E-state index contributed by atoms with van der Waals surface area (Å²) in [4.78, 5) is 26.0. The second-order valence-electron chi connectivity index (χ2n) is 7.26. The lowest BCUT2D eigenvalue weighted by Gasteiger charge is -2.19. The number of carbonyl (C=O) groups excluding carboxylic acids is 2. The average Bonchev–Trinajstić information content (AvgIpc) is 3.25. The average molecular weight is 400 g/mol. The van der Waals surface area contributed by atoms with Gasteiger partial charge in [-0.2, -0.15) is 0 Å². The fourth-order valence-corrected chi connectivity index (χ4v) is 3.60. The number of hydrogen-bond donors (Lipinski definition) is 4. The van der Waals surface area contributed by atoms with Crippen LogP contribution in [-0.4, -0.2) is 18.4 Å². The Morgan fingerprint density at radius 1 is 1.00 bits per heavy atom. The Morgan fingerprint density at radius 3 is 2.63 bits per heavy atom. The molecular formula is C24H24N4O2. The van der Waals surface area contributed by atoms with Gasteiger partial charge in [0.2, 0.25) is 0 Å². The highest BCUT2D eigenvalue weighted by atomic mass is 16.2. The molecule has 0 radical (unpaired) electrons. The van der Waals surface area contributed by atoms with Crippen LogP contribution in [0.5, 0.6) is 0 Å². The topological polar surface area (TPSA) is 96.2 Å². The predicted octanol–water partition coefficient (Wildman–Crippen LogP) is 3.22. The van der Waals surface area contributed by atoms with Crippen LogP contribution in [0, 0.1) is 0 Å². The number of anilines is 2. The molecule has 4 rings (SSSR count). The summed E-state index contributed by atoms with van der Waals surface area (Å²) in [6.45, 7) is 1.24. The van der Waals surface area contributed by atoms with Crippen molar-refractivity contribution in [1.82, 2.24) is 5.32 Å². The molecule has 5 N–H and O–H groups in total. The van der Waals surface area contributed by atoms with Gasteiger partial charge in [0, 0.05) is 30.0 Å². The lowest BCUT2D eigenvalue weighted by atomic mass is 10.0. The highest BCUT2D eigenvalue weighted by molar-refractivity contribution is 6.01. The van der Waals surface area contributed by atoms with Crippen LogP contribution < -0.4 is 21.7 Å². The third-order valence-electron chi connectivity index (χ3n) is 5.18. The minimum absolute atomic E-state index is 0.296. The van der Waals surface area contributed by atoms with Gasteiger partial charge in [-0.15, -0.1) is 0 Å². The molecule has 3 aromatic rings. The summed E-state index contributed by atoms with van der Waals surface area (Å²) in [7, 11) is 0. The largest absolute Gasteiger partial charge is 0.384 e. The van der Waals surface area contributed by atoms with Crippen LogP contribution in [0.1, 0.15) is 33.1 Å². The van der Waals surface area contributed by atoms with Gasteiger partial charge < -0.3 is 21.7 Å². The molecule has 0 fully saturated rings. The number of nitrogens with one attached hydrogen (secondary N) is 3. The molecule has 0 aromatic heterocycles. The van der Waals surface area contributed by atoms with E-state index in [-0.39, 0.29) is 11.8 Å². The zero-order valence-corrected chi connectivity index (χ0v) is 16.5. The lowest BCUT2D eigenvalue weighted by molar-refractivity contribution is -0.118. The molecule has 30 heavy (non-hydrogen) atoms. The number of hydrogen-bond acceptors (Lipinski definition) is 4. The van der Waals surface area contributed by atoms with E-state index in [1.165, 1.54) is 5.56 Å². The van der Waals surface area contributed by atoms with Crippen molar-refractivity contribution in [2.24, 2.45) is 5.73 Å². The number of fused-ring (bicyclic) bond motifs is 1. The van der Waals surface area contributed by atoms with Crippen LogP contribution in [0.4, 0.5) is 11.4 Å².